The Bertz CT molecular complexity index is 929. The summed E-state index contributed by atoms with van der Waals surface area (Å²) in [5.41, 5.74) is 4.18. The molecule has 1 aliphatic rings. The van der Waals surface area contributed by atoms with E-state index in [-0.39, 0.29) is 5.91 Å². The van der Waals surface area contributed by atoms with Crippen molar-refractivity contribution in [2.75, 3.05) is 11.9 Å². The van der Waals surface area contributed by atoms with Gasteiger partial charge in [0.1, 0.15) is 0 Å². The maximum absolute atomic E-state index is 12.7. The highest BCUT2D eigenvalue weighted by Crippen LogP contribution is 2.33. The fraction of sp³-hybridized carbons (Fsp3) is 0.263. The van der Waals surface area contributed by atoms with Crippen LogP contribution in [0.1, 0.15) is 27.0 Å². The van der Waals surface area contributed by atoms with Gasteiger partial charge in [-0.05, 0) is 37.5 Å². The number of nitrogens with zero attached hydrogens (tertiary/aromatic N) is 1. The molecule has 0 saturated carbocycles. The number of thiazole rings is 1. The summed E-state index contributed by atoms with van der Waals surface area (Å²) >= 11 is 3.20. The van der Waals surface area contributed by atoms with Crippen molar-refractivity contribution in [3.05, 3.63) is 56.6 Å². The Balaban J connectivity index is 1.54. The number of carbonyl (C=O) groups excluding carboxylic acids is 1. The maximum atomic E-state index is 12.7. The van der Waals surface area contributed by atoms with Gasteiger partial charge < -0.3 is 4.74 Å². The van der Waals surface area contributed by atoms with Crippen LogP contribution in [0.25, 0.3) is 11.3 Å². The zero-order chi connectivity index (χ0) is 17.4. The van der Waals surface area contributed by atoms with Gasteiger partial charge in [0, 0.05) is 20.7 Å². The predicted octanol–water partition coefficient (Wildman–Crippen LogP) is 4.74. The first-order valence-corrected chi connectivity index (χ1v) is 9.84. The van der Waals surface area contributed by atoms with Gasteiger partial charge in [-0.2, -0.15) is 0 Å². The van der Waals surface area contributed by atoms with Gasteiger partial charge in [0.2, 0.25) is 0 Å². The summed E-state index contributed by atoms with van der Waals surface area (Å²) < 4.78 is 5.72. The standard InChI is InChI=1S/C19H18N2O2S2/c1-11-9-15(12(2)25-11)16-10-24-19(20-16)21-18(22)17-14-6-4-3-5-13(14)7-8-23-17/h3-6,9-10,17H,7-8H2,1-2H3,(H,20,21,22)/t17-/m0/s1. The van der Waals surface area contributed by atoms with Gasteiger partial charge in [-0.15, -0.1) is 22.7 Å². The van der Waals surface area contributed by atoms with Gasteiger partial charge in [0.15, 0.2) is 11.2 Å². The Morgan fingerprint density at radius 2 is 2.16 bits per heavy atom. The molecule has 1 aromatic carbocycles. The molecule has 1 amide bonds. The smallest absolute Gasteiger partial charge is 0.259 e. The molecule has 0 spiro atoms. The molecule has 3 aromatic rings. The van der Waals surface area contributed by atoms with E-state index in [0.717, 1.165) is 23.2 Å². The minimum atomic E-state index is -0.567. The van der Waals surface area contributed by atoms with E-state index in [0.29, 0.717) is 11.7 Å². The second-order valence-electron chi connectivity index (χ2n) is 6.05. The number of aromatic nitrogens is 1. The van der Waals surface area contributed by atoms with Gasteiger partial charge in [-0.1, -0.05) is 24.3 Å². The van der Waals surface area contributed by atoms with Crippen LogP contribution in [-0.4, -0.2) is 17.5 Å². The van der Waals surface area contributed by atoms with Gasteiger partial charge >= 0.3 is 0 Å². The number of fused-ring (bicyclic) bond motifs is 1. The number of amides is 1. The summed E-state index contributed by atoms with van der Waals surface area (Å²) in [4.78, 5) is 19.8. The quantitative estimate of drug-likeness (QED) is 0.724. The second-order valence-corrected chi connectivity index (χ2v) is 8.37. The number of rotatable bonds is 3. The van der Waals surface area contributed by atoms with Crippen LogP contribution in [0.5, 0.6) is 0 Å². The molecule has 6 heteroatoms. The number of aryl methyl sites for hydroxylation is 2. The van der Waals surface area contributed by atoms with E-state index < -0.39 is 6.10 Å². The Labute approximate surface area is 154 Å². The molecule has 4 nitrogen and oxygen atoms in total. The van der Waals surface area contributed by atoms with Crippen LogP contribution in [0.15, 0.2) is 35.7 Å². The van der Waals surface area contributed by atoms with Gasteiger partial charge in [0.05, 0.1) is 12.3 Å². The van der Waals surface area contributed by atoms with Crippen molar-refractivity contribution in [1.82, 2.24) is 4.98 Å². The number of hydrogen-bond acceptors (Lipinski definition) is 5. The molecule has 0 bridgehead atoms. The van der Waals surface area contributed by atoms with E-state index in [1.165, 1.54) is 26.7 Å². The number of ether oxygens (including phenoxy) is 1. The number of carbonyl (C=O) groups is 1. The number of nitrogens with one attached hydrogen (secondary N) is 1. The molecule has 4 rings (SSSR count). The number of thiophene rings is 1. The molecule has 3 heterocycles. The lowest BCUT2D eigenvalue weighted by molar-refractivity contribution is -0.128. The largest absolute Gasteiger partial charge is 0.363 e. The van der Waals surface area contributed by atoms with Crippen LogP contribution in [0.2, 0.25) is 0 Å². The molecule has 1 aliphatic heterocycles. The minimum Gasteiger partial charge on any atom is -0.363 e. The van der Waals surface area contributed by atoms with Crippen molar-refractivity contribution >= 4 is 33.7 Å². The molecular formula is C19H18N2O2S2. The molecule has 25 heavy (non-hydrogen) atoms. The lowest BCUT2D eigenvalue weighted by Gasteiger charge is -2.24. The Morgan fingerprint density at radius 1 is 1.32 bits per heavy atom. The zero-order valence-corrected chi connectivity index (χ0v) is 15.7. The molecule has 0 saturated heterocycles. The van der Waals surface area contributed by atoms with Crippen molar-refractivity contribution in [3.8, 4) is 11.3 Å². The Morgan fingerprint density at radius 3 is 2.96 bits per heavy atom. The third-order valence-corrected chi connectivity index (χ3v) is 6.01. The van der Waals surface area contributed by atoms with E-state index in [9.17, 15) is 4.79 Å². The van der Waals surface area contributed by atoms with Gasteiger partial charge in [-0.3, -0.25) is 10.1 Å². The van der Waals surface area contributed by atoms with Crippen LogP contribution in [-0.2, 0) is 16.0 Å². The van der Waals surface area contributed by atoms with Crippen molar-refractivity contribution in [2.24, 2.45) is 0 Å². The van der Waals surface area contributed by atoms with Gasteiger partial charge in [0.25, 0.3) is 5.91 Å². The number of benzene rings is 1. The molecule has 0 aliphatic carbocycles. The molecule has 128 valence electrons. The Kier molecular flexibility index (Phi) is 4.41. The van der Waals surface area contributed by atoms with Crippen molar-refractivity contribution in [2.45, 2.75) is 26.4 Å². The zero-order valence-electron chi connectivity index (χ0n) is 14.0. The van der Waals surface area contributed by atoms with Crippen LogP contribution >= 0.6 is 22.7 Å². The summed E-state index contributed by atoms with van der Waals surface area (Å²) in [6.45, 7) is 4.75. The van der Waals surface area contributed by atoms with Crippen molar-refractivity contribution < 1.29 is 9.53 Å². The summed E-state index contributed by atoms with van der Waals surface area (Å²) in [5.74, 6) is -0.161. The molecule has 1 atom stereocenters. The summed E-state index contributed by atoms with van der Waals surface area (Å²) in [5, 5.41) is 5.51. The van der Waals surface area contributed by atoms with E-state index >= 15 is 0 Å². The third-order valence-electron chi connectivity index (χ3n) is 4.28. The van der Waals surface area contributed by atoms with E-state index in [2.05, 4.69) is 36.3 Å². The SMILES string of the molecule is Cc1cc(-c2csc(NC(=O)[C@H]3OCCc4ccccc43)n2)c(C)s1. The van der Waals surface area contributed by atoms with Crippen LogP contribution < -0.4 is 5.32 Å². The number of anilines is 1. The molecule has 0 fully saturated rings. The lowest BCUT2D eigenvalue weighted by Crippen LogP contribution is -2.28. The summed E-state index contributed by atoms with van der Waals surface area (Å²) in [6.07, 6.45) is 0.278. The first kappa shape index (κ1) is 16.4. The molecule has 1 N–H and O–H groups in total. The van der Waals surface area contributed by atoms with Crippen LogP contribution in [0, 0.1) is 13.8 Å². The highest BCUT2D eigenvalue weighted by Gasteiger charge is 2.27. The van der Waals surface area contributed by atoms with Gasteiger partial charge in [-0.25, -0.2) is 4.98 Å². The summed E-state index contributed by atoms with van der Waals surface area (Å²) in [7, 11) is 0. The Hall–Kier alpha value is -2.02. The first-order valence-electron chi connectivity index (χ1n) is 8.15. The number of hydrogen-bond donors (Lipinski definition) is 1. The maximum Gasteiger partial charge on any atom is 0.259 e. The second kappa shape index (κ2) is 6.71. The van der Waals surface area contributed by atoms with E-state index in [4.69, 9.17) is 4.74 Å². The highest BCUT2D eigenvalue weighted by atomic mass is 32.1. The predicted molar refractivity (Wildman–Crippen MR) is 102 cm³/mol. The van der Waals surface area contributed by atoms with Crippen molar-refractivity contribution in [1.29, 1.82) is 0 Å². The molecule has 0 unspecified atom stereocenters. The average Bonchev–Trinajstić information content (AvgIpc) is 3.20. The van der Waals surface area contributed by atoms with E-state index in [1.54, 1.807) is 11.3 Å². The third kappa shape index (κ3) is 3.25. The fourth-order valence-electron chi connectivity index (χ4n) is 3.12. The molecule has 0 radical (unpaired) electrons. The topological polar surface area (TPSA) is 51.2 Å². The minimum absolute atomic E-state index is 0.161. The normalized spacial score (nSPS) is 16.5. The van der Waals surface area contributed by atoms with Crippen LogP contribution in [0.4, 0.5) is 5.13 Å². The highest BCUT2D eigenvalue weighted by molar-refractivity contribution is 7.14. The lowest BCUT2D eigenvalue weighted by atomic mass is 9.97. The molecular weight excluding hydrogens is 352 g/mol. The van der Waals surface area contributed by atoms with E-state index in [1.807, 2.05) is 23.6 Å². The molecule has 2 aromatic heterocycles. The van der Waals surface area contributed by atoms with Crippen LogP contribution in [0.3, 0.4) is 0 Å². The fourth-order valence-corrected chi connectivity index (χ4v) is 4.77. The average molecular weight is 370 g/mol. The monoisotopic (exact) mass is 370 g/mol. The van der Waals surface area contributed by atoms with Crippen molar-refractivity contribution in [3.63, 3.8) is 0 Å². The summed E-state index contributed by atoms with van der Waals surface area (Å²) in [6, 6.07) is 10.1. The first-order chi connectivity index (χ1) is 12.1.